The lowest BCUT2D eigenvalue weighted by molar-refractivity contribution is 0.000440. The maximum atomic E-state index is 14.1. The molecule has 24 heavy (non-hydrogen) atoms. The van der Waals surface area contributed by atoms with E-state index in [1.165, 1.54) is 6.07 Å². The molecule has 1 amide bonds. The first-order chi connectivity index (χ1) is 11.1. The summed E-state index contributed by atoms with van der Waals surface area (Å²) >= 11 is 3.35. The second kappa shape index (κ2) is 7.40. The monoisotopic (exact) mass is 400 g/mol. The zero-order chi connectivity index (χ0) is 18.1. The number of carbonyl (C=O) groups excluding carboxylic acids is 1. The van der Waals surface area contributed by atoms with Crippen molar-refractivity contribution in [3.8, 4) is 0 Å². The zero-order valence-electron chi connectivity index (χ0n) is 15.0. The zero-order valence-corrected chi connectivity index (χ0v) is 16.6. The van der Waals surface area contributed by atoms with Crippen LogP contribution in [0.3, 0.4) is 0 Å². The maximum absolute atomic E-state index is 14.1. The number of hydrogen-bond donors (Lipinski definition) is 0. The summed E-state index contributed by atoms with van der Waals surface area (Å²) in [6, 6.07) is 3.43. The Labute approximate surface area is 152 Å². The number of hydrogen-bond acceptors (Lipinski definition) is 3. The number of aryl methyl sites for hydroxylation is 1. The number of nitrogens with zero attached hydrogens (tertiary/aromatic N) is 2. The highest BCUT2D eigenvalue weighted by Gasteiger charge is 2.31. The first kappa shape index (κ1) is 19.2. The van der Waals surface area contributed by atoms with Crippen molar-refractivity contribution in [1.82, 2.24) is 9.80 Å². The van der Waals surface area contributed by atoms with Crippen molar-refractivity contribution < 1.29 is 13.9 Å². The molecule has 0 aliphatic carbocycles. The Morgan fingerprint density at radius 3 is 2.62 bits per heavy atom. The molecule has 2 rings (SSSR count). The van der Waals surface area contributed by atoms with E-state index in [4.69, 9.17) is 4.74 Å². The molecule has 1 aliphatic rings. The fraction of sp³-hybridized carbons (Fsp3) is 0.611. The molecule has 1 unspecified atom stereocenters. The second-order valence-electron chi connectivity index (χ2n) is 7.45. The summed E-state index contributed by atoms with van der Waals surface area (Å²) < 4.78 is 20.4. The Morgan fingerprint density at radius 2 is 2.04 bits per heavy atom. The molecule has 1 aliphatic heterocycles. The van der Waals surface area contributed by atoms with Gasteiger partial charge in [0.2, 0.25) is 0 Å². The van der Waals surface area contributed by atoms with Crippen LogP contribution in [0.2, 0.25) is 0 Å². The van der Waals surface area contributed by atoms with Crippen molar-refractivity contribution in [1.29, 1.82) is 0 Å². The van der Waals surface area contributed by atoms with Crippen LogP contribution in [0.15, 0.2) is 16.6 Å². The van der Waals surface area contributed by atoms with E-state index in [9.17, 15) is 9.18 Å². The largest absolute Gasteiger partial charge is 0.444 e. The van der Waals surface area contributed by atoms with Crippen molar-refractivity contribution >= 4 is 22.0 Å². The summed E-state index contributed by atoms with van der Waals surface area (Å²) in [5.74, 6) is -0.199. The van der Waals surface area contributed by atoms with E-state index in [1.54, 1.807) is 4.90 Å². The molecule has 1 fully saturated rings. The first-order valence-corrected chi connectivity index (χ1v) is 9.02. The molecule has 1 aromatic carbocycles. The molecule has 0 bridgehead atoms. The van der Waals surface area contributed by atoms with Crippen LogP contribution < -0.4 is 0 Å². The van der Waals surface area contributed by atoms with E-state index >= 15 is 0 Å². The summed E-state index contributed by atoms with van der Waals surface area (Å²) in [6.07, 6.45) is -0.277. The highest BCUT2D eigenvalue weighted by Crippen LogP contribution is 2.23. The van der Waals surface area contributed by atoms with Gasteiger partial charge in [0, 0.05) is 42.3 Å². The topological polar surface area (TPSA) is 32.8 Å². The predicted octanol–water partition coefficient (Wildman–Crippen LogP) is 4.34. The van der Waals surface area contributed by atoms with Gasteiger partial charge in [-0.05, 0) is 46.2 Å². The predicted molar refractivity (Wildman–Crippen MR) is 96.5 cm³/mol. The quantitative estimate of drug-likeness (QED) is 0.739. The average molecular weight is 401 g/mol. The normalized spacial score (nSPS) is 19.5. The van der Waals surface area contributed by atoms with Gasteiger partial charge in [-0.1, -0.05) is 22.0 Å². The summed E-state index contributed by atoms with van der Waals surface area (Å²) in [4.78, 5) is 16.2. The standard InChI is InChI=1S/C18H26BrFN2O2/c1-12-8-14(16(20)9-15(12)19)11-21-6-7-22(13(2)10-21)17(23)24-18(3,4)5/h8-9,13H,6-7,10-11H2,1-5H3. The maximum Gasteiger partial charge on any atom is 0.410 e. The van der Waals surface area contributed by atoms with Crippen molar-refractivity contribution in [2.45, 2.75) is 52.8 Å². The summed E-state index contributed by atoms with van der Waals surface area (Å²) in [6.45, 7) is 12.1. The number of carbonyl (C=O) groups is 1. The van der Waals surface area contributed by atoms with Crippen LogP contribution in [0.5, 0.6) is 0 Å². The molecule has 1 saturated heterocycles. The van der Waals surface area contributed by atoms with Crippen LogP contribution in [-0.2, 0) is 11.3 Å². The van der Waals surface area contributed by atoms with Gasteiger partial charge in [-0.25, -0.2) is 9.18 Å². The van der Waals surface area contributed by atoms with Gasteiger partial charge in [0.05, 0.1) is 0 Å². The highest BCUT2D eigenvalue weighted by molar-refractivity contribution is 9.10. The summed E-state index contributed by atoms with van der Waals surface area (Å²) in [5.41, 5.74) is 1.21. The van der Waals surface area contributed by atoms with Gasteiger partial charge in [0.15, 0.2) is 0 Å². The van der Waals surface area contributed by atoms with Crippen molar-refractivity contribution in [3.63, 3.8) is 0 Å². The minimum atomic E-state index is -0.494. The number of halogens is 2. The third-order valence-electron chi connectivity index (χ3n) is 4.06. The van der Waals surface area contributed by atoms with Crippen molar-refractivity contribution in [3.05, 3.63) is 33.5 Å². The molecule has 0 spiro atoms. The lowest BCUT2D eigenvalue weighted by atomic mass is 10.1. The van der Waals surface area contributed by atoms with E-state index in [0.29, 0.717) is 31.7 Å². The van der Waals surface area contributed by atoms with E-state index in [-0.39, 0.29) is 18.0 Å². The molecule has 0 saturated carbocycles. The second-order valence-corrected chi connectivity index (χ2v) is 8.31. The van der Waals surface area contributed by atoms with Crippen LogP contribution in [0.4, 0.5) is 9.18 Å². The van der Waals surface area contributed by atoms with E-state index in [1.807, 2.05) is 40.7 Å². The molecule has 1 atom stereocenters. The van der Waals surface area contributed by atoms with Gasteiger partial charge in [0.1, 0.15) is 11.4 Å². The fourth-order valence-corrected chi connectivity index (χ4v) is 3.16. The van der Waals surface area contributed by atoms with Crippen LogP contribution in [0.1, 0.15) is 38.8 Å². The third-order valence-corrected chi connectivity index (χ3v) is 4.92. The lowest BCUT2D eigenvalue weighted by Gasteiger charge is -2.40. The Balaban J connectivity index is 1.98. The number of amides is 1. The van der Waals surface area contributed by atoms with Crippen molar-refractivity contribution in [2.75, 3.05) is 19.6 Å². The Bertz CT molecular complexity index is 616. The fourth-order valence-electron chi connectivity index (χ4n) is 2.85. The molecular formula is C18H26BrFN2O2. The van der Waals surface area contributed by atoms with Gasteiger partial charge in [-0.2, -0.15) is 0 Å². The van der Waals surface area contributed by atoms with E-state index < -0.39 is 5.60 Å². The molecule has 4 nitrogen and oxygen atoms in total. The van der Waals surface area contributed by atoms with Crippen molar-refractivity contribution in [2.24, 2.45) is 0 Å². The molecule has 0 aromatic heterocycles. The van der Waals surface area contributed by atoms with Crippen LogP contribution >= 0.6 is 15.9 Å². The third kappa shape index (κ3) is 4.93. The highest BCUT2D eigenvalue weighted by atomic mass is 79.9. The summed E-state index contributed by atoms with van der Waals surface area (Å²) in [7, 11) is 0. The van der Waals surface area contributed by atoms with Gasteiger partial charge in [0.25, 0.3) is 0 Å². The Morgan fingerprint density at radius 1 is 1.38 bits per heavy atom. The molecule has 1 heterocycles. The van der Waals surface area contributed by atoms with Crippen LogP contribution in [0.25, 0.3) is 0 Å². The molecule has 1 aromatic rings. The SMILES string of the molecule is Cc1cc(CN2CCN(C(=O)OC(C)(C)C)C(C)C2)c(F)cc1Br. The molecule has 134 valence electrons. The molecular weight excluding hydrogens is 375 g/mol. The van der Waals surface area contributed by atoms with Gasteiger partial charge in [-0.15, -0.1) is 0 Å². The molecule has 0 N–H and O–H groups in total. The van der Waals surface area contributed by atoms with Gasteiger partial charge in [-0.3, -0.25) is 4.90 Å². The lowest BCUT2D eigenvalue weighted by Crippen LogP contribution is -2.54. The van der Waals surface area contributed by atoms with Crippen LogP contribution in [-0.4, -0.2) is 47.2 Å². The van der Waals surface area contributed by atoms with E-state index in [0.717, 1.165) is 10.0 Å². The molecule has 6 heteroatoms. The number of ether oxygens (including phenoxy) is 1. The van der Waals surface area contributed by atoms with Gasteiger partial charge < -0.3 is 9.64 Å². The van der Waals surface area contributed by atoms with Crippen LogP contribution in [0, 0.1) is 12.7 Å². The number of rotatable bonds is 2. The first-order valence-electron chi connectivity index (χ1n) is 8.23. The Kier molecular flexibility index (Phi) is 5.91. The number of piperazine rings is 1. The van der Waals surface area contributed by atoms with Gasteiger partial charge >= 0.3 is 6.09 Å². The minimum absolute atomic E-state index is 0.0354. The number of benzene rings is 1. The Hall–Kier alpha value is -1.14. The summed E-state index contributed by atoms with van der Waals surface area (Å²) in [5, 5.41) is 0. The average Bonchev–Trinajstić information content (AvgIpc) is 2.42. The smallest absolute Gasteiger partial charge is 0.410 e. The minimum Gasteiger partial charge on any atom is -0.444 e. The van der Waals surface area contributed by atoms with E-state index in [2.05, 4.69) is 20.8 Å². The molecule has 0 radical (unpaired) electrons.